The molecule has 0 saturated heterocycles. The van der Waals surface area contributed by atoms with Crippen molar-refractivity contribution >= 4 is 27.7 Å². The molecule has 3 rings (SSSR count). The molecule has 0 heterocycles. The zero-order valence-electron chi connectivity index (χ0n) is 15.4. The van der Waals surface area contributed by atoms with E-state index in [0.717, 1.165) is 16.5 Å². The van der Waals surface area contributed by atoms with Crippen LogP contribution < -0.4 is 9.47 Å². The van der Waals surface area contributed by atoms with Gasteiger partial charge in [0.15, 0.2) is 5.78 Å². The third-order valence-corrected chi connectivity index (χ3v) is 4.62. The van der Waals surface area contributed by atoms with E-state index in [1.165, 1.54) is 6.92 Å². The average Bonchev–Trinajstić information content (AvgIpc) is 2.70. The van der Waals surface area contributed by atoms with Gasteiger partial charge in [-0.15, -0.1) is 0 Å². The van der Waals surface area contributed by atoms with Crippen molar-refractivity contribution in [3.8, 4) is 11.5 Å². The zero-order valence-corrected chi connectivity index (χ0v) is 16.9. The van der Waals surface area contributed by atoms with Crippen LogP contribution >= 0.6 is 15.9 Å². The maximum atomic E-state index is 12.6. The van der Waals surface area contributed by atoms with Gasteiger partial charge < -0.3 is 9.47 Å². The molecule has 0 aromatic heterocycles. The number of carbonyl (C=O) groups excluding carboxylic acids is 2. The van der Waals surface area contributed by atoms with E-state index < -0.39 is 5.97 Å². The molecule has 0 amide bonds. The number of hydrogen-bond acceptors (Lipinski definition) is 4. The van der Waals surface area contributed by atoms with Gasteiger partial charge in [-0.05, 0) is 55.0 Å². The number of hydrogen-bond donors (Lipinski definition) is 0. The Labute approximate surface area is 172 Å². The van der Waals surface area contributed by atoms with Gasteiger partial charge in [0.2, 0.25) is 0 Å². The molecule has 0 atom stereocenters. The summed E-state index contributed by atoms with van der Waals surface area (Å²) in [7, 11) is 0. The fourth-order valence-electron chi connectivity index (χ4n) is 2.63. The first kappa shape index (κ1) is 19.8. The van der Waals surface area contributed by atoms with Gasteiger partial charge in [-0.1, -0.05) is 46.3 Å². The van der Waals surface area contributed by atoms with Crippen molar-refractivity contribution in [2.75, 3.05) is 6.61 Å². The average molecular weight is 439 g/mol. The molecule has 0 fully saturated rings. The van der Waals surface area contributed by atoms with Gasteiger partial charge in [-0.3, -0.25) is 4.79 Å². The van der Waals surface area contributed by atoms with Crippen LogP contribution in [0.2, 0.25) is 0 Å². The minimum absolute atomic E-state index is 0.0426. The summed E-state index contributed by atoms with van der Waals surface area (Å²) >= 11 is 3.38. The first-order valence-corrected chi connectivity index (χ1v) is 9.61. The molecule has 0 spiro atoms. The lowest BCUT2D eigenvalue weighted by Crippen LogP contribution is -2.12. The van der Waals surface area contributed by atoms with Gasteiger partial charge in [-0.2, -0.15) is 0 Å². The molecule has 28 heavy (non-hydrogen) atoms. The molecule has 5 heteroatoms. The number of benzene rings is 3. The molecular weight excluding hydrogens is 420 g/mol. The monoisotopic (exact) mass is 438 g/mol. The highest BCUT2D eigenvalue weighted by atomic mass is 79.9. The smallest absolute Gasteiger partial charge is 0.347 e. The van der Waals surface area contributed by atoms with Crippen LogP contribution in [0.4, 0.5) is 0 Å². The Hall–Kier alpha value is -2.92. The molecule has 3 aromatic rings. The van der Waals surface area contributed by atoms with E-state index in [2.05, 4.69) is 15.9 Å². The van der Waals surface area contributed by atoms with E-state index in [0.29, 0.717) is 29.2 Å². The molecule has 0 aliphatic rings. The van der Waals surface area contributed by atoms with E-state index in [1.807, 2.05) is 36.4 Å². The summed E-state index contributed by atoms with van der Waals surface area (Å²) in [4.78, 5) is 24.0. The van der Waals surface area contributed by atoms with Gasteiger partial charge in [0.1, 0.15) is 17.1 Å². The van der Waals surface area contributed by atoms with Crippen molar-refractivity contribution in [1.29, 1.82) is 0 Å². The molecule has 0 aliphatic carbocycles. The number of Topliss-reactive ketones (excluding diaryl/α,β-unsaturated/α-hetero) is 1. The Morgan fingerprint density at radius 2 is 1.64 bits per heavy atom. The van der Waals surface area contributed by atoms with Gasteiger partial charge in [-0.25, -0.2) is 4.79 Å². The maximum Gasteiger partial charge on any atom is 0.347 e. The molecular formula is C23H19BrO4. The Kier molecular flexibility index (Phi) is 6.61. The van der Waals surface area contributed by atoms with Crippen LogP contribution in [0.15, 0.2) is 77.3 Å². The second kappa shape index (κ2) is 9.33. The summed E-state index contributed by atoms with van der Waals surface area (Å²) in [6.45, 7) is 1.93. The first-order chi connectivity index (χ1) is 13.5. The molecule has 0 unspecified atom stereocenters. The highest BCUT2D eigenvalue weighted by molar-refractivity contribution is 9.10. The Bertz CT molecular complexity index is 966. The fourth-order valence-corrected chi connectivity index (χ4v) is 2.99. The first-order valence-electron chi connectivity index (χ1n) is 8.82. The zero-order chi connectivity index (χ0) is 19.9. The van der Waals surface area contributed by atoms with E-state index in [-0.39, 0.29) is 5.78 Å². The molecule has 3 aromatic carbocycles. The van der Waals surface area contributed by atoms with E-state index >= 15 is 0 Å². The second-order valence-electron chi connectivity index (χ2n) is 6.19. The SMILES string of the molecule is CC(=O)c1ccc(OC(=O)c2cc(Br)ccc2OCCc2ccccc2)cc1. The highest BCUT2D eigenvalue weighted by Gasteiger charge is 2.16. The summed E-state index contributed by atoms with van der Waals surface area (Å²) in [6.07, 6.45) is 0.734. The van der Waals surface area contributed by atoms with Crippen molar-refractivity contribution in [3.05, 3.63) is 94.0 Å². The van der Waals surface area contributed by atoms with Crippen molar-refractivity contribution < 1.29 is 19.1 Å². The number of ketones is 1. The summed E-state index contributed by atoms with van der Waals surface area (Å²) in [5.74, 6) is 0.264. The number of ether oxygens (including phenoxy) is 2. The molecule has 142 valence electrons. The van der Waals surface area contributed by atoms with Crippen LogP contribution in [0.25, 0.3) is 0 Å². The lowest BCUT2D eigenvalue weighted by atomic mass is 10.1. The van der Waals surface area contributed by atoms with Crippen LogP contribution in [0.5, 0.6) is 11.5 Å². The van der Waals surface area contributed by atoms with Crippen LogP contribution in [-0.4, -0.2) is 18.4 Å². The molecule has 0 N–H and O–H groups in total. The third kappa shape index (κ3) is 5.30. The maximum absolute atomic E-state index is 12.6. The molecule has 0 saturated carbocycles. The quantitative estimate of drug-likeness (QED) is 0.278. The van der Waals surface area contributed by atoms with Gasteiger partial charge in [0.25, 0.3) is 0 Å². The number of esters is 1. The topological polar surface area (TPSA) is 52.6 Å². The molecule has 0 bridgehead atoms. The Morgan fingerprint density at radius 1 is 0.929 bits per heavy atom. The van der Waals surface area contributed by atoms with Crippen molar-refractivity contribution in [2.24, 2.45) is 0 Å². The summed E-state index contributed by atoms with van der Waals surface area (Å²) in [5.41, 5.74) is 2.06. The normalized spacial score (nSPS) is 10.4. The molecule has 4 nitrogen and oxygen atoms in total. The minimum Gasteiger partial charge on any atom is -0.492 e. The minimum atomic E-state index is -0.522. The van der Waals surface area contributed by atoms with Crippen molar-refractivity contribution in [2.45, 2.75) is 13.3 Å². The highest BCUT2D eigenvalue weighted by Crippen LogP contribution is 2.25. The molecule has 0 radical (unpaired) electrons. The lowest BCUT2D eigenvalue weighted by molar-refractivity contribution is 0.0730. The van der Waals surface area contributed by atoms with Crippen LogP contribution in [-0.2, 0) is 6.42 Å². The van der Waals surface area contributed by atoms with Crippen LogP contribution in [0.3, 0.4) is 0 Å². The summed E-state index contributed by atoms with van der Waals surface area (Å²) in [6, 6.07) is 21.7. The number of carbonyl (C=O) groups is 2. The Morgan fingerprint density at radius 3 is 2.32 bits per heavy atom. The Balaban J connectivity index is 1.70. The van der Waals surface area contributed by atoms with E-state index in [1.54, 1.807) is 36.4 Å². The van der Waals surface area contributed by atoms with Crippen molar-refractivity contribution in [1.82, 2.24) is 0 Å². The predicted molar refractivity (Wildman–Crippen MR) is 111 cm³/mol. The standard InChI is InChI=1S/C23H19BrO4/c1-16(25)18-7-10-20(11-8-18)28-23(26)21-15-19(24)9-12-22(21)27-14-13-17-5-3-2-4-6-17/h2-12,15H,13-14H2,1H3. The van der Waals surface area contributed by atoms with Gasteiger partial charge in [0, 0.05) is 16.5 Å². The number of halogens is 1. The van der Waals surface area contributed by atoms with Crippen molar-refractivity contribution in [3.63, 3.8) is 0 Å². The van der Waals surface area contributed by atoms with E-state index in [4.69, 9.17) is 9.47 Å². The predicted octanol–water partition coefficient (Wildman–Crippen LogP) is 5.49. The largest absolute Gasteiger partial charge is 0.492 e. The lowest BCUT2D eigenvalue weighted by Gasteiger charge is -2.12. The number of rotatable bonds is 7. The fraction of sp³-hybridized carbons (Fsp3) is 0.130. The van der Waals surface area contributed by atoms with Crippen LogP contribution in [0.1, 0.15) is 33.2 Å². The van der Waals surface area contributed by atoms with Gasteiger partial charge in [0.05, 0.1) is 6.61 Å². The van der Waals surface area contributed by atoms with Crippen LogP contribution in [0, 0.1) is 0 Å². The second-order valence-corrected chi connectivity index (χ2v) is 7.11. The summed E-state index contributed by atoms with van der Waals surface area (Å²) < 4.78 is 12.0. The summed E-state index contributed by atoms with van der Waals surface area (Å²) in [5, 5.41) is 0. The van der Waals surface area contributed by atoms with Gasteiger partial charge >= 0.3 is 5.97 Å². The van der Waals surface area contributed by atoms with E-state index in [9.17, 15) is 9.59 Å². The molecule has 0 aliphatic heterocycles. The third-order valence-electron chi connectivity index (χ3n) is 4.12.